The third kappa shape index (κ3) is 1.81. The van der Waals surface area contributed by atoms with Crippen LogP contribution in [0.2, 0.25) is 0 Å². The van der Waals surface area contributed by atoms with Crippen molar-refractivity contribution in [3.63, 3.8) is 0 Å². The molecule has 2 rings (SSSR count). The van der Waals surface area contributed by atoms with Crippen molar-refractivity contribution in [3.8, 4) is 28.4 Å². The standard InChI is InChI=1S/C12H7F3O3/c13-8-4-7(10(14)11(15)12(8)18)6-3-5(16)1-2-9(6)17/h1-4,16-18H. The molecular weight excluding hydrogens is 249 g/mol. The number of rotatable bonds is 1. The van der Waals surface area contributed by atoms with Gasteiger partial charge in [0.25, 0.3) is 0 Å². The highest BCUT2D eigenvalue weighted by atomic mass is 19.2. The second kappa shape index (κ2) is 4.14. The second-order valence-corrected chi connectivity index (χ2v) is 3.58. The Balaban J connectivity index is 2.75. The smallest absolute Gasteiger partial charge is 0.204 e. The first-order valence-corrected chi connectivity index (χ1v) is 4.80. The van der Waals surface area contributed by atoms with Crippen LogP contribution in [0.15, 0.2) is 24.3 Å². The molecule has 0 radical (unpaired) electrons. The molecule has 2 aromatic carbocycles. The van der Waals surface area contributed by atoms with Gasteiger partial charge >= 0.3 is 0 Å². The maximum Gasteiger partial charge on any atom is 0.204 e. The third-order valence-corrected chi connectivity index (χ3v) is 2.40. The summed E-state index contributed by atoms with van der Waals surface area (Å²) in [7, 11) is 0. The zero-order chi connectivity index (χ0) is 13.4. The first-order valence-electron chi connectivity index (χ1n) is 4.80. The quantitative estimate of drug-likeness (QED) is 0.543. The summed E-state index contributed by atoms with van der Waals surface area (Å²) < 4.78 is 39.8. The van der Waals surface area contributed by atoms with Gasteiger partial charge in [0, 0.05) is 11.1 Å². The zero-order valence-electron chi connectivity index (χ0n) is 8.78. The van der Waals surface area contributed by atoms with E-state index in [1.807, 2.05) is 0 Å². The monoisotopic (exact) mass is 256 g/mol. The molecule has 6 heteroatoms. The van der Waals surface area contributed by atoms with Crippen LogP contribution >= 0.6 is 0 Å². The van der Waals surface area contributed by atoms with Crippen LogP contribution in [-0.4, -0.2) is 15.3 Å². The van der Waals surface area contributed by atoms with E-state index in [1.54, 1.807) is 0 Å². The molecule has 0 unspecified atom stereocenters. The van der Waals surface area contributed by atoms with Gasteiger partial charge in [0.1, 0.15) is 11.5 Å². The molecule has 0 aromatic heterocycles. The maximum atomic E-state index is 13.5. The van der Waals surface area contributed by atoms with Gasteiger partial charge in [-0.25, -0.2) is 8.78 Å². The van der Waals surface area contributed by atoms with Gasteiger partial charge in [0.05, 0.1) is 0 Å². The molecule has 0 saturated carbocycles. The summed E-state index contributed by atoms with van der Waals surface area (Å²) in [6.07, 6.45) is 0. The van der Waals surface area contributed by atoms with Crippen molar-refractivity contribution in [3.05, 3.63) is 41.7 Å². The SMILES string of the molecule is Oc1ccc(O)c(-c2cc(F)c(O)c(F)c2F)c1. The van der Waals surface area contributed by atoms with Crippen LogP contribution in [0.25, 0.3) is 11.1 Å². The van der Waals surface area contributed by atoms with Gasteiger partial charge in [0.2, 0.25) is 5.82 Å². The molecule has 3 nitrogen and oxygen atoms in total. The highest BCUT2D eigenvalue weighted by Crippen LogP contribution is 2.37. The second-order valence-electron chi connectivity index (χ2n) is 3.58. The van der Waals surface area contributed by atoms with E-state index in [4.69, 9.17) is 5.11 Å². The number of benzene rings is 2. The molecule has 94 valence electrons. The largest absolute Gasteiger partial charge is 0.508 e. The van der Waals surface area contributed by atoms with Gasteiger partial charge < -0.3 is 15.3 Å². The average Bonchev–Trinajstić information content (AvgIpc) is 2.34. The highest BCUT2D eigenvalue weighted by Gasteiger charge is 2.21. The molecule has 0 atom stereocenters. The fourth-order valence-corrected chi connectivity index (χ4v) is 1.52. The predicted octanol–water partition coefficient (Wildman–Crippen LogP) is 2.89. The van der Waals surface area contributed by atoms with Crippen LogP contribution in [0.1, 0.15) is 0 Å². The van der Waals surface area contributed by atoms with Crippen molar-refractivity contribution < 1.29 is 28.5 Å². The van der Waals surface area contributed by atoms with E-state index in [2.05, 4.69) is 0 Å². The van der Waals surface area contributed by atoms with E-state index in [-0.39, 0.29) is 11.3 Å². The summed E-state index contributed by atoms with van der Waals surface area (Å²) in [5.41, 5.74) is -0.887. The fourth-order valence-electron chi connectivity index (χ4n) is 1.52. The first-order chi connectivity index (χ1) is 8.41. The summed E-state index contributed by atoms with van der Waals surface area (Å²) in [5.74, 6) is -6.85. The van der Waals surface area contributed by atoms with Gasteiger partial charge in [-0.05, 0) is 24.3 Å². The Hall–Kier alpha value is -2.37. The molecule has 3 N–H and O–H groups in total. The lowest BCUT2D eigenvalue weighted by atomic mass is 10.0. The summed E-state index contributed by atoms with van der Waals surface area (Å²) in [5, 5.41) is 27.6. The van der Waals surface area contributed by atoms with E-state index >= 15 is 0 Å². The lowest BCUT2D eigenvalue weighted by Gasteiger charge is -2.09. The summed E-state index contributed by atoms with van der Waals surface area (Å²) in [6.45, 7) is 0. The number of phenolic OH excluding ortho intramolecular Hbond substituents is 3. The van der Waals surface area contributed by atoms with Crippen molar-refractivity contribution in [1.29, 1.82) is 0 Å². The molecule has 0 saturated heterocycles. The highest BCUT2D eigenvalue weighted by molar-refractivity contribution is 5.72. The molecule has 0 aliphatic rings. The Morgan fingerprint density at radius 1 is 0.778 bits per heavy atom. The Bertz CT molecular complexity index is 626. The molecule has 0 aliphatic carbocycles. The van der Waals surface area contributed by atoms with Crippen molar-refractivity contribution >= 4 is 0 Å². The number of halogens is 3. The fraction of sp³-hybridized carbons (Fsp3) is 0. The molecular formula is C12H7F3O3. The lowest BCUT2D eigenvalue weighted by molar-refractivity contribution is 0.377. The molecule has 0 amide bonds. The van der Waals surface area contributed by atoms with Crippen LogP contribution in [-0.2, 0) is 0 Å². The van der Waals surface area contributed by atoms with Crippen molar-refractivity contribution in [2.75, 3.05) is 0 Å². The normalized spacial score (nSPS) is 10.6. The average molecular weight is 256 g/mol. The molecule has 2 aromatic rings. The van der Waals surface area contributed by atoms with Gasteiger partial charge in [0.15, 0.2) is 17.4 Å². The number of phenols is 3. The minimum atomic E-state index is -1.76. The van der Waals surface area contributed by atoms with Gasteiger partial charge in [-0.2, -0.15) is 4.39 Å². The van der Waals surface area contributed by atoms with E-state index in [1.165, 1.54) is 0 Å². The molecule has 0 spiro atoms. The van der Waals surface area contributed by atoms with Crippen LogP contribution < -0.4 is 0 Å². The third-order valence-electron chi connectivity index (χ3n) is 2.40. The van der Waals surface area contributed by atoms with Gasteiger partial charge in [-0.3, -0.25) is 0 Å². The molecule has 18 heavy (non-hydrogen) atoms. The molecule has 0 aliphatic heterocycles. The molecule has 0 fully saturated rings. The van der Waals surface area contributed by atoms with E-state index in [9.17, 15) is 23.4 Å². The predicted molar refractivity (Wildman–Crippen MR) is 56.7 cm³/mol. The van der Waals surface area contributed by atoms with Crippen LogP contribution in [0.3, 0.4) is 0 Å². The summed E-state index contributed by atoms with van der Waals surface area (Å²) in [6, 6.07) is 3.66. The summed E-state index contributed by atoms with van der Waals surface area (Å²) >= 11 is 0. The van der Waals surface area contributed by atoms with Crippen LogP contribution in [0, 0.1) is 17.5 Å². The Morgan fingerprint density at radius 3 is 2.11 bits per heavy atom. The van der Waals surface area contributed by atoms with E-state index in [0.717, 1.165) is 18.2 Å². The Morgan fingerprint density at radius 2 is 1.44 bits per heavy atom. The van der Waals surface area contributed by atoms with Crippen molar-refractivity contribution in [2.45, 2.75) is 0 Å². The Kier molecular flexibility index (Phi) is 2.78. The minimum Gasteiger partial charge on any atom is -0.508 e. The van der Waals surface area contributed by atoms with E-state index < -0.39 is 34.5 Å². The first kappa shape index (κ1) is 12.1. The minimum absolute atomic E-state index is 0.287. The summed E-state index contributed by atoms with van der Waals surface area (Å²) in [4.78, 5) is 0. The number of aromatic hydroxyl groups is 3. The van der Waals surface area contributed by atoms with Crippen LogP contribution in [0.5, 0.6) is 17.2 Å². The van der Waals surface area contributed by atoms with Gasteiger partial charge in [-0.1, -0.05) is 0 Å². The van der Waals surface area contributed by atoms with Crippen molar-refractivity contribution in [2.24, 2.45) is 0 Å². The number of hydrogen-bond donors (Lipinski definition) is 3. The van der Waals surface area contributed by atoms with Gasteiger partial charge in [-0.15, -0.1) is 0 Å². The number of hydrogen-bond acceptors (Lipinski definition) is 3. The topological polar surface area (TPSA) is 60.7 Å². The maximum absolute atomic E-state index is 13.5. The molecule has 0 heterocycles. The Labute approximate surface area is 99.4 Å². The molecule has 0 bridgehead atoms. The zero-order valence-corrected chi connectivity index (χ0v) is 8.78. The van der Waals surface area contributed by atoms with Crippen LogP contribution in [0.4, 0.5) is 13.2 Å². The van der Waals surface area contributed by atoms with Crippen molar-refractivity contribution in [1.82, 2.24) is 0 Å². The van der Waals surface area contributed by atoms with E-state index in [0.29, 0.717) is 6.07 Å². The lowest BCUT2D eigenvalue weighted by Crippen LogP contribution is -1.94.